The largest absolute Gasteiger partial charge is 0.423 e. The third-order valence-electron chi connectivity index (χ3n) is 2.96. The zero-order valence-corrected chi connectivity index (χ0v) is 9.90. The van der Waals surface area contributed by atoms with Crippen molar-refractivity contribution in [1.82, 2.24) is 15.5 Å². The van der Waals surface area contributed by atoms with E-state index in [1.807, 2.05) is 7.05 Å². The van der Waals surface area contributed by atoms with Gasteiger partial charge in [0.2, 0.25) is 11.8 Å². The molecule has 1 aliphatic rings. The molecule has 2 rings (SSSR count). The van der Waals surface area contributed by atoms with Crippen LogP contribution in [0.25, 0.3) is 0 Å². The van der Waals surface area contributed by atoms with Crippen LogP contribution in [0.5, 0.6) is 0 Å². The Balaban J connectivity index is 1.95. The first kappa shape index (κ1) is 11.5. The molecule has 1 fully saturated rings. The predicted molar refractivity (Wildman–Crippen MR) is 59.1 cm³/mol. The highest BCUT2D eigenvalue weighted by Crippen LogP contribution is 2.19. The highest BCUT2D eigenvalue weighted by Gasteiger charge is 2.20. The lowest BCUT2D eigenvalue weighted by Crippen LogP contribution is -2.15. The highest BCUT2D eigenvalue weighted by atomic mass is 16.5. The van der Waals surface area contributed by atoms with E-state index in [9.17, 15) is 0 Å². The third kappa shape index (κ3) is 2.59. The first-order valence-corrected chi connectivity index (χ1v) is 5.94. The van der Waals surface area contributed by atoms with E-state index >= 15 is 0 Å². The molecule has 0 radical (unpaired) electrons. The van der Waals surface area contributed by atoms with Crippen molar-refractivity contribution in [3.63, 3.8) is 0 Å². The van der Waals surface area contributed by atoms with E-state index in [1.54, 1.807) is 0 Å². The maximum absolute atomic E-state index is 5.62. The van der Waals surface area contributed by atoms with Crippen LogP contribution < -0.4 is 5.32 Å². The molecule has 0 saturated carbocycles. The highest BCUT2D eigenvalue weighted by molar-refractivity contribution is 4.91. The Morgan fingerprint density at radius 1 is 1.50 bits per heavy atom. The summed E-state index contributed by atoms with van der Waals surface area (Å²) in [4.78, 5) is 0. The van der Waals surface area contributed by atoms with Crippen molar-refractivity contribution in [2.24, 2.45) is 0 Å². The van der Waals surface area contributed by atoms with E-state index in [0.29, 0.717) is 11.8 Å². The number of rotatable bonds is 5. The fourth-order valence-corrected chi connectivity index (χ4v) is 1.99. The summed E-state index contributed by atoms with van der Waals surface area (Å²) in [7, 11) is 1.90. The average Bonchev–Trinajstić information content (AvgIpc) is 2.93. The van der Waals surface area contributed by atoms with Crippen LogP contribution in [0.1, 0.15) is 44.0 Å². The molecule has 0 bridgehead atoms. The zero-order chi connectivity index (χ0) is 11.4. The van der Waals surface area contributed by atoms with Crippen LogP contribution >= 0.6 is 0 Å². The van der Waals surface area contributed by atoms with Crippen LogP contribution in [0, 0.1) is 0 Å². The molecule has 2 atom stereocenters. The molecule has 0 aliphatic carbocycles. The van der Waals surface area contributed by atoms with Crippen molar-refractivity contribution in [2.75, 3.05) is 13.7 Å². The Bertz CT molecular complexity index is 317. The number of ether oxygens (including phenoxy) is 1. The molecule has 1 aromatic heterocycles. The molecule has 1 saturated heterocycles. The van der Waals surface area contributed by atoms with E-state index in [2.05, 4.69) is 22.4 Å². The van der Waals surface area contributed by atoms with Crippen molar-refractivity contribution < 1.29 is 9.15 Å². The maximum atomic E-state index is 5.62. The molecule has 5 heteroatoms. The van der Waals surface area contributed by atoms with Crippen molar-refractivity contribution in [1.29, 1.82) is 0 Å². The molecular formula is C11H19N3O2. The standard InChI is InChI=1S/C11H19N3O2/c1-3-9(12-2)11-14-13-10(16-11)7-8-5-4-6-15-8/h8-9,12H,3-7H2,1-2H3. The van der Waals surface area contributed by atoms with Crippen LogP contribution in [0.4, 0.5) is 0 Å². The molecule has 1 N–H and O–H groups in total. The Labute approximate surface area is 95.6 Å². The summed E-state index contributed by atoms with van der Waals surface area (Å²) in [5.74, 6) is 1.37. The number of hydrogen-bond donors (Lipinski definition) is 1. The third-order valence-corrected chi connectivity index (χ3v) is 2.96. The van der Waals surface area contributed by atoms with Gasteiger partial charge in [0.05, 0.1) is 18.6 Å². The molecule has 5 nitrogen and oxygen atoms in total. The second kappa shape index (κ2) is 5.41. The van der Waals surface area contributed by atoms with Gasteiger partial charge < -0.3 is 14.5 Å². The second-order valence-electron chi connectivity index (χ2n) is 4.12. The van der Waals surface area contributed by atoms with Crippen molar-refractivity contribution in [2.45, 2.75) is 44.8 Å². The van der Waals surface area contributed by atoms with Crippen molar-refractivity contribution in [3.05, 3.63) is 11.8 Å². The first-order valence-electron chi connectivity index (χ1n) is 5.94. The molecule has 2 unspecified atom stereocenters. The molecule has 16 heavy (non-hydrogen) atoms. The van der Waals surface area contributed by atoms with Gasteiger partial charge in [-0.2, -0.15) is 0 Å². The van der Waals surface area contributed by atoms with Crippen molar-refractivity contribution >= 4 is 0 Å². The Morgan fingerprint density at radius 3 is 3.00 bits per heavy atom. The van der Waals surface area contributed by atoms with Gasteiger partial charge in [0.15, 0.2) is 0 Å². The summed E-state index contributed by atoms with van der Waals surface area (Å²) in [5.41, 5.74) is 0. The van der Waals surface area contributed by atoms with Gasteiger partial charge in [-0.05, 0) is 26.3 Å². The van der Waals surface area contributed by atoms with Gasteiger partial charge in [-0.1, -0.05) is 6.92 Å². The topological polar surface area (TPSA) is 60.2 Å². The van der Waals surface area contributed by atoms with Gasteiger partial charge in [0, 0.05) is 6.61 Å². The van der Waals surface area contributed by atoms with E-state index < -0.39 is 0 Å². The minimum absolute atomic E-state index is 0.158. The minimum Gasteiger partial charge on any atom is -0.423 e. The number of nitrogens with zero attached hydrogens (tertiary/aromatic N) is 2. The minimum atomic E-state index is 0.158. The predicted octanol–water partition coefficient (Wildman–Crippen LogP) is 1.46. The monoisotopic (exact) mass is 225 g/mol. The fraction of sp³-hybridized carbons (Fsp3) is 0.818. The Morgan fingerprint density at radius 2 is 2.38 bits per heavy atom. The molecule has 0 amide bonds. The van der Waals surface area contributed by atoms with E-state index in [-0.39, 0.29) is 12.1 Å². The molecule has 90 valence electrons. The lowest BCUT2D eigenvalue weighted by molar-refractivity contribution is 0.105. The van der Waals surface area contributed by atoms with Gasteiger partial charge in [-0.3, -0.25) is 0 Å². The lowest BCUT2D eigenvalue weighted by Gasteiger charge is -2.08. The van der Waals surface area contributed by atoms with Gasteiger partial charge in [0.25, 0.3) is 0 Å². The van der Waals surface area contributed by atoms with Crippen LogP contribution in [-0.4, -0.2) is 30.0 Å². The molecule has 2 heterocycles. The molecule has 0 spiro atoms. The number of aromatic nitrogens is 2. The van der Waals surface area contributed by atoms with Crippen LogP contribution in [0.15, 0.2) is 4.42 Å². The summed E-state index contributed by atoms with van der Waals surface area (Å²) in [5, 5.41) is 11.3. The number of nitrogens with one attached hydrogen (secondary N) is 1. The molecule has 0 aromatic carbocycles. The average molecular weight is 225 g/mol. The van der Waals surface area contributed by atoms with Crippen LogP contribution in [-0.2, 0) is 11.2 Å². The maximum Gasteiger partial charge on any atom is 0.233 e. The van der Waals surface area contributed by atoms with Crippen molar-refractivity contribution in [3.8, 4) is 0 Å². The fourth-order valence-electron chi connectivity index (χ4n) is 1.99. The smallest absolute Gasteiger partial charge is 0.233 e. The number of hydrogen-bond acceptors (Lipinski definition) is 5. The Hall–Kier alpha value is -0.940. The normalized spacial score (nSPS) is 22.5. The summed E-state index contributed by atoms with van der Waals surface area (Å²) < 4.78 is 11.2. The van der Waals surface area contributed by atoms with Gasteiger partial charge >= 0.3 is 0 Å². The van der Waals surface area contributed by atoms with Gasteiger partial charge in [-0.15, -0.1) is 10.2 Å². The SMILES string of the molecule is CCC(NC)c1nnc(CC2CCCO2)o1. The van der Waals surface area contributed by atoms with Gasteiger partial charge in [0.1, 0.15) is 0 Å². The quantitative estimate of drug-likeness (QED) is 0.822. The molecule has 1 aliphatic heterocycles. The van der Waals surface area contributed by atoms with E-state index in [1.165, 1.54) is 0 Å². The first-order chi connectivity index (χ1) is 7.83. The summed E-state index contributed by atoms with van der Waals surface area (Å²) >= 11 is 0. The summed E-state index contributed by atoms with van der Waals surface area (Å²) in [6.07, 6.45) is 4.19. The van der Waals surface area contributed by atoms with E-state index in [4.69, 9.17) is 9.15 Å². The summed E-state index contributed by atoms with van der Waals surface area (Å²) in [6, 6.07) is 0.158. The lowest BCUT2D eigenvalue weighted by atomic mass is 10.2. The Kier molecular flexibility index (Phi) is 3.90. The summed E-state index contributed by atoms with van der Waals surface area (Å²) in [6.45, 7) is 2.95. The van der Waals surface area contributed by atoms with Crippen LogP contribution in [0.3, 0.4) is 0 Å². The van der Waals surface area contributed by atoms with E-state index in [0.717, 1.165) is 32.3 Å². The zero-order valence-electron chi connectivity index (χ0n) is 9.90. The molecular weight excluding hydrogens is 206 g/mol. The van der Waals surface area contributed by atoms with Gasteiger partial charge in [-0.25, -0.2) is 0 Å². The van der Waals surface area contributed by atoms with Crippen LogP contribution in [0.2, 0.25) is 0 Å². The molecule has 1 aromatic rings. The second-order valence-corrected chi connectivity index (χ2v) is 4.12.